The lowest BCUT2D eigenvalue weighted by atomic mass is 10.4. The summed E-state index contributed by atoms with van der Waals surface area (Å²) in [5, 5.41) is 6.42. The van der Waals surface area contributed by atoms with Crippen molar-refractivity contribution in [3.05, 3.63) is 22.5 Å². The van der Waals surface area contributed by atoms with Crippen molar-refractivity contribution in [1.82, 2.24) is 10.2 Å². The van der Waals surface area contributed by atoms with Gasteiger partial charge in [0.1, 0.15) is 5.82 Å². The molecule has 1 N–H and O–H groups in total. The van der Waals surface area contributed by atoms with E-state index < -0.39 is 0 Å². The topological polar surface area (TPSA) is 49.0 Å². The van der Waals surface area contributed by atoms with E-state index in [4.69, 9.17) is 0 Å². The second-order valence-corrected chi connectivity index (χ2v) is 4.10. The summed E-state index contributed by atoms with van der Waals surface area (Å²) in [6.45, 7) is 2.04. The maximum Gasteiger partial charge on any atom is 0.264 e. The van der Waals surface area contributed by atoms with Crippen LogP contribution in [0.25, 0.3) is 0 Å². The van der Waals surface area contributed by atoms with Gasteiger partial charge in [-0.15, -0.1) is 0 Å². The molecule has 0 amide bonds. The van der Waals surface area contributed by atoms with E-state index in [1.54, 1.807) is 6.07 Å². The van der Waals surface area contributed by atoms with E-state index in [-0.39, 0.29) is 5.56 Å². The molecule has 1 aromatic rings. The highest BCUT2D eigenvalue weighted by Crippen LogP contribution is 2.14. The van der Waals surface area contributed by atoms with Gasteiger partial charge in [-0.3, -0.25) is 4.79 Å². The Hall–Kier alpha value is -0.970. The van der Waals surface area contributed by atoms with Crippen molar-refractivity contribution in [1.29, 1.82) is 0 Å². The number of aromatic amines is 1. The van der Waals surface area contributed by atoms with Crippen molar-refractivity contribution in [2.75, 3.05) is 29.5 Å². The number of anilines is 1. The molecule has 1 fully saturated rings. The summed E-state index contributed by atoms with van der Waals surface area (Å²) in [6, 6.07) is 3.29. The molecule has 0 unspecified atom stereocenters. The molecule has 1 aliphatic heterocycles. The van der Waals surface area contributed by atoms with Crippen LogP contribution in [0.15, 0.2) is 16.9 Å². The Kier molecular flexibility index (Phi) is 2.54. The smallest absolute Gasteiger partial charge is 0.264 e. The van der Waals surface area contributed by atoms with Gasteiger partial charge in [0.2, 0.25) is 0 Å². The average Bonchev–Trinajstić information content (AvgIpc) is 2.20. The third-order valence-electron chi connectivity index (χ3n) is 2.00. The second-order valence-electron chi connectivity index (χ2n) is 2.88. The quantitative estimate of drug-likeness (QED) is 0.704. The number of hydrogen-bond acceptors (Lipinski definition) is 4. The number of thioether (sulfide) groups is 1. The molecule has 0 aliphatic carbocycles. The number of nitrogens with one attached hydrogen (secondary N) is 1. The molecule has 0 bridgehead atoms. The molecule has 2 heterocycles. The number of H-pyrrole nitrogens is 1. The first-order valence-electron chi connectivity index (χ1n) is 4.25. The molecule has 0 aromatic carbocycles. The van der Waals surface area contributed by atoms with Crippen LogP contribution in [0, 0.1) is 0 Å². The standard InChI is InChI=1S/C8H11N3OS/c12-8-2-1-7(9-10-8)11-3-5-13-6-4-11/h1-2H,3-6H2,(H,10,12). The Balaban J connectivity index is 2.14. The number of aromatic nitrogens is 2. The third kappa shape index (κ3) is 2.03. The molecular weight excluding hydrogens is 186 g/mol. The van der Waals surface area contributed by atoms with E-state index in [9.17, 15) is 4.79 Å². The first-order chi connectivity index (χ1) is 6.36. The van der Waals surface area contributed by atoms with Gasteiger partial charge >= 0.3 is 0 Å². The predicted octanol–water partition coefficient (Wildman–Crippen LogP) is 0.323. The van der Waals surface area contributed by atoms with E-state index in [0.717, 1.165) is 30.4 Å². The minimum Gasteiger partial charge on any atom is -0.354 e. The zero-order valence-electron chi connectivity index (χ0n) is 7.19. The van der Waals surface area contributed by atoms with Gasteiger partial charge in [0, 0.05) is 30.7 Å². The van der Waals surface area contributed by atoms with Crippen molar-refractivity contribution in [2.24, 2.45) is 0 Å². The van der Waals surface area contributed by atoms with Crippen LogP contribution in [0.2, 0.25) is 0 Å². The Morgan fingerprint density at radius 2 is 2.15 bits per heavy atom. The van der Waals surface area contributed by atoms with Gasteiger partial charge in [-0.25, -0.2) is 5.10 Å². The van der Waals surface area contributed by atoms with E-state index >= 15 is 0 Å². The van der Waals surface area contributed by atoms with Gasteiger partial charge in [-0.1, -0.05) is 0 Å². The molecule has 0 radical (unpaired) electrons. The molecule has 13 heavy (non-hydrogen) atoms. The largest absolute Gasteiger partial charge is 0.354 e. The highest BCUT2D eigenvalue weighted by molar-refractivity contribution is 7.99. The van der Waals surface area contributed by atoms with Crippen LogP contribution in [-0.2, 0) is 0 Å². The van der Waals surface area contributed by atoms with Crippen molar-refractivity contribution in [3.8, 4) is 0 Å². The third-order valence-corrected chi connectivity index (χ3v) is 2.94. The van der Waals surface area contributed by atoms with E-state index in [1.165, 1.54) is 6.07 Å². The van der Waals surface area contributed by atoms with Gasteiger partial charge < -0.3 is 4.90 Å². The molecule has 5 heteroatoms. The molecule has 4 nitrogen and oxygen atoms in total. The Labute approximate surface area is 80.3 Å². The second kappa shape index (κ2) is 3.83. The maximum atomic E-state index is 10.8. The average molecular weight is 197 g/mol. The van der Waals surface area contributed by atoms with Crippen LogP contribution in [0.3, 0.4) is 0 Å². The highest BCUT2D eigenvalue weighted by Gasteiger charge is 2.11. The normalized spacial score (nSPS) is 17.4. The summed E-state index contributed by atoms with van der Waals surface area (Å²) >= 11 is 1.96. The van der Waals surface area contributed by atoms with Gasteiger partial charge in [0.25, 0.3) is 5.56 Å². The zero-order valence-corrected chi connectivity index (χ0v) is 8.01. The molecule has 0 spiro atoms. The fourth-order valence-electron chi connectivity index (χ4n) is 1.31. The molecule has 70 valence electrons. The Morgan fingerprint density at radius 3 is 2.77 bits per heavy atom. The van der Waals surface area contributed by atoms with Crippen molar-refractivity contribution >= 4 is 17.6 Å². The van der Waals surface area contributed by atoms with E-state index in [0.29, 0.717) is 0 Å². The minimum absolute atomic E-state index is 0.143. The summed E-state index contributed by atoms with van der Waals surface area (Å²) < 4.78 is 0. The van der Waals surface area contributed by atoms with Gasteiger partial charge in [-0.05, 0) is 6.07 Å². The number of nitrogens with zero attached hydrogens (tertiary/aromatic N) is 2. The zero-order chi connectivity index (χ0) is 9.10. The first kappa shape index (κ1) is 8.62. The minimum atomic E-state index is -0.143. The van der Waals surface area contributed by atoms with Crippen molar-refractivity contribution < 1.29 is 0 Å². The van der Waals surface area contributed by atoms with Crippen LogP contribution in [0.4, 0.5) is 5.82 Å². The van der Waals surface area contributed by atoms with Crippen molar-refractivity contribution in [2.45, 2.75) is 0 Å². The lowest BCUT2D eigenvalue weighted by Gasteiger charge is -2.26. The summed E-state index contributed by atoms with van der Waals surface area (Å²) in [7, 11) is 0. The molecule has 1 saturated heterocycles. The predicted molar refractivity (Wildman–Crippen MR) is 54.4 cm³/mol. The Morgan fingerprint density at radius 1 is 1.38 bits per heavy atom. The summed E-state index contributed by atoms with van der Waals surface area (Å²) in [6.07, 6.45) is 0. The van der Waals surface area contributed by atoms with Crippen molar-refractivity contribution in [3.63, 3.8) is 0 Å². The van der Waals surface area contributed by atoms with E-state index in [2.05, 4.69) is 15.1 Å². The van der Waals surface area contributed by atoms with Crippen LogP contribution in [0.5, 0.6) is 0 Å². The first-order valence-corrected chi connectivity index (χ1v) is 5.40. The fourth-order valence-corrected chi connectivity index (χ4v) is 2.21. The maximum absolute atomic E-state index is 10.8. The highest BCUT2D eigenvalue weighted by atomic mass is 32.2. The molecule has 0 saturated carbocycles. The van der Waals surface area contributed by atoms with Gasteiger partial charge in [0.05, 0.1) is 0 Å². The lowest BCUT2D eigenvalue weighted by molar-refractivity contribution is 0.813. The molecule has 0 atom stereocenters. The summed E-state index contributed by atoms with van der Waals surface area (Å²) in [5.41, 5.74) is -0.143. The summed E-state index contributed by atoms with van der Waals surface area (Å²) in [5.74, 6) is 3.15. The van der Waals surface area contributed by atoms with E-state index in [1.807, 2.05) is 11.8 Å². The molecule has 1 aromatic heterocycles. The molecule has 1 aliphatic rings. The number of hydrogen-bond donors (Lipinski definition) is 1. The van der Waals surface area contributed by atoms with Crippen LogP contribution in [-0.4, -0.2) is 34.8 Å². The van der Waals surface area contributed by atoms with Crippen LogP contribution in [0.1, 0.15) is 0 Å². The molecule has 2 rings (SSSR count). The molecular formula is C8H11N3OS. The monoisotopic (exact) mass is 197 g/mol. The van der Waals surface area contributed by atoms with Crippen LogP contribution < -0.4 is 10.5 Å². The summed E-state index contributed by atoms with van der Waals surface area (Å²) in [4.78, 5) is 13.0. The fraction of sp³-hybridized carbons (Fsp3) is 0.500. The SMILES string of the molecule is O=c1ccc(N2CCSCC2)n[nH]1. The Bertz CT molecular complexity index is 312. The van der Waals surface area contributed by atoms with Crippen LogP contribution >= 0.6 is 11.8 Å². The van der Waals surface area contributed by atoms with Gasteiger partial charge in [0.15, 0.2) is 0 Å². The van der Waals surface area contributed by atoms with Gasteiger partial charge in [-0.2, -0.15) is 16.9 Å². The lowest BCUT2D eigenvalue weighted by Crippen LogP contribution is -2.33. The number of rotatable bonds is 1.